The number of allylic oxidation sites excluding steroid dienone is 1. The molecule has 1 N–H and O–H groups in total. The first kappa shape index (κ1) is 20.1. The van der Waals surface area contributed by atoms with Gasteiger partial charge in [-0.2, -0.15) is 0 Å². The van der Waals surface area contributed by atoms with Gasteiger partial charge in [0.15, 0.2) is 0 Å². The Morgan fingerprint density at radius 3 is 2.84 bits per heavy atom. The molecule has 3 aromatic rings. The number of fused-ring (bicyclic) bond motifs is 2. The number of amides is 1. The van der Waals surface area contributed by atoms with Gasteiger partial charge < -0.3 is 5.32 Å². The highest BCUT2D eigenvalue weighted by Crippen LogP contribution is 2.51. The van der Waals surface area contributed by atoms with Crippen LogP contribution in [0, 0.1) is 23.6 Å². The van der Waals surface area contributed by atoms with Gasteiger partial charge in [-0.15, -0.1) is 0 Å². The average Bonchev–Trinajstić information content (AvgIpc) is 3.33. The Hall–Kier alpha value is -2.79. The lowest BCUT2D eigenvalue weighted by molar-refractivity contribution is -0.118. The number of rotatable bonds is 4. The summed E-state index contributed by atoms with van der Waals surface area (Å²) < 4.78 is 13.8. The van der Waals surface area contributed by atoms with E-state index in [4.69, 9.17) is 11.6 Å². The standard InChI is InChI=1S/C25H23ClFN3O/c1-14(25(31)30-20-3-5-24(26)29-13-20)15-8-16-10-18(11-17(16)9-15)21-6-7-28-23-4-2-19(27)12-22(21)23/h2-8,12-14,16-18H,9-11H2,1H3,(H,30,31). The quantitative estimate of drug-likeness (QED) is 0.395. The van der Waals surface area contributed by atoms with Crippen molar-refractivity contribution in [3.63, 3.8) is 0 Å². The molecule has 0 bridgehead atoms. The number of hydrogen-bond donors (Lipinski definition) is 1. The summed E-state index contributed by atoms with van der Waals surface area (Å²) in [4.78, 5) is 21.1. The molecule has 2 aliphatic carbocycles. The first-order valence-corrected chi connectivity index (χ1v) is 11.0. The molecular weight excluding hydrogens is 413 g/mol. The van der Waals surface area contributed by atoms with Gasteiger partial charge in [0.1, 0.15) is 11.0 Å². The van der Waals surface area contributed by atoms with E-state index in [2.05, 4.69) is 21.4 Å². The summed E-state index contributed by atoms with van der Waals surface area (Å²) in [5.74, 6) is 0.953. The van der Waals surface area contributed by atoms with Gasteiger partial charge in [-0.1, -0.05) is 23.3 Å². The number of anilines is 1. The second kappa shape index (κ2) is 8.04. The fourth-order valence-electron chi connectivity index (χ4n) is 5.18. The van der Waals surface area contributed by atoms with Crippen LogP contribution in [-0.4, -0.2) is 15.9 Å². The van der Waals surface area contributed by atoms with Crippen LogP contribution in [0.5, 0.6) is 0 Å². The Labute approximate surface area is 185 Å². The lowest BCUT2D eigenvalue weighted by Gasteiger charge is -2.17. The average molecular weight is 436 g/mol. The minimum absolute atomic E-state index is 0.0255. The topological polar surface area (TPSA) is 54.9 Å². The highest BCUT2D eigenvalue weighted by molar-refractivity contribution is 6.29. The van der Waals surface area contributed by atoms with Gasteiger partial charge in [0, 0.05) is 11.6 Å². The van der Waals surface area contributed by atoms with Crippen LogP contribution in [0.1, 0.15) is 37.7 Å². The zero-order valence-corrected chi connectivity index (χ0v) is 17.9. The van der Waals surface area contributed by atoms with Gasteiger partial charge in [-0.3, -0.25) is 9.78 Å². The van der Waals surface area contributed by atoms with Crippen molar-refractivity contribution in [1.82, 2.24) is 9.97 Å². The number of halogens is 2. The molecule has 4 atom stereocenters. The predicted octanol–water partition coefficient (Wildman–Crippen LogP) is 6.14. The normalized spacial score (nSPS) is 23.5. The number of carbonyl (C=O) groups is 1. The molecule has 2 heterocycles. The van der Waals surface area contributed by atoms with Crippen LogP contribution in [-0.2, 0) is 4.79 Å². The van der Waals surface area contributed by atoms with Crippen molar-refractivity contribution < 1.29 is 9.18 Å². The molecule has 31 heavy (non-hydrogen) atoms. The van der Waals surface area contributed by atoms with Crippen molar-refractivity contribution in [2.45, 2.75) is 32.1 Å². The third-order valence-corrected chi connectivity index (χ3v) is 7.02. The molecule has 0 aliphatic heterocycles. The van der Waals surface area contributed by atoms with E-state index in [9.17, 15) is 9.18 Å². The summed E-state index contributed by atoms with van der Waals surface area (Å²) in [6, 6.07) is 10.3. The molecule has 1 fully saturated rings. The molecule has 0 spiro atoms. The first-order valence-electron chi connectivity index (χ1n) is 10.6. The maximum absolute atomic E-state index is 13.8. The van der Waals surface area contributed by atoms with E-state index in [-0.39, 0.29) is 17.6 Å². The van der Waals surface area contributed by atoms with Crippen LogP contribution < -0.4 is 5.32 Å². The van der Waals surface area contributed by atoms with Crippen LogP contribution >= 0.6 is 11.6 Å². The van der Waals surface area contributed by atoms with E-state index < -0.39 is 0 Å². The number of pyridine rings is 2. The number of carbonyl (C=O) groups excluding carboxylic acids is 1. The predicted molar refractivity (Wildman–Crippen MR) is 120 cm³/mol. The zero-order valence-electron chi connectivity index (χ0n) is 17.2. The number of nitrogens with one attached hydrogen (secondary N) is 1. The molecule has 2 aromatic heterocycles. The Morgan fingerprint density at radius 2 is 2.06 bits per heavy atom. The molecule has 2 aliphatic rings. The van der Waals surface area contributed by atoms with Gasteiger partial charge >= 0.3 is 0 Å². The lowest BCUT2D eigenvalue weighted by atomic mass is 9.90. The van der Waals surface area contributed by atoms with Crippen molar-refractivity contribution in [2.24, 2.45) is 17.8 Å². The third-order valence-electron chi connectivity index (χ3n) is 6.80. The zero-order chi connectivity index (χ0) is 21.5. The van der Waals surface area contributed by atoms with E-state index in [1.165, 1.54) is 17.2 Å². The molecule has 1 saturated carbocycles. The van der Waals surface area contributed by atoms with Crippen molar-refractivity contribution in [3.8, 4) is 0 Å². The van der Waals surface area contributed by atoms with Crippen LogP contribution in [0.4, 0.5) is 10.1 Å². The van der Waals surface area contributed by atoms with Gasteiger partial charge in [0.2, 0.25) is 5.91 Å². The Kier molecular flexibility index (Phi) is 5.22. The Balaban J connectivity index is 1.29. The lowest BCUT2D eigenvalue weighted by Crippen LogP contribution is -2.22. The summed E-state index contributed by atoms with van der Waals surface area (Å²) in [5, 5.41) is 4.25. The molecule has 1 aromatic carbocycles. The van der Waals surface area contributed by atoms with Crippen molar-refractivity contribution in [1.29, 1.82) is 0 Å². The summed E-state index contributed by atoms with van der Waals surface area (Å²) in [6.45, 7) is 1.96. The maximum Gasteiger partial charge on any atom is 0.231 e. The molecule has 158 valence electrons. The Morgan fingerprint density at radius 1 is 1.19 bits per heavy atom. The van der Waals surface area contributed by atoms with Crippen LogP contribution in [0.25, 0.3) is 10.9 Å². The molecule has 6 heteroatoms. The smallest absolute Gasteiger partial charge is 0.231 e. The molecule has 0 radical (unpaired) electrons. The molecule has 4 nitrogen and oxygen atoms in total. The van der Waals surface area contributed by atoms with Crippen molar-refractivity contribution >= 4 is 34.1 Å². The van der Waals surface area contributed by atoms with Gasteiger partial charge in [-0.05, 0) is 85.9 Å². The monoisotopic (exact) mass is 435 g/mol. The van der Waals surface area contributed by atoms with Gasteiger partial charge in [-0.25, -0.2) is 9.37 Å². The van der Waals surface area contributed by atoms with Crippen molar-refractivity contribution in [3.05, 3.63) is 77.0 Å². The van der Waals surface area contributed by atoms with E-state index in [0.29, 0.717) is 28.6 Å². The minimum atomic E-state index is -0.224. The number of aromatic nitrogens is 2. The highest BCUT2D eigenvalue weighted by Gasteiger charge is 2.40. The fraction of sp³-hybridized carbons (Fsp3) is 0.320. The molecular formula is C25H23ClFN3O. The van der Waals surface area contributed by atoms with Gasteiger partial charge in [0.05, 0.1) is 23.3 Å². The summed E-state index contributed by atoms with van der Waals surface area (Å²) in [5.41, 5.74) is 3.89. The molecule has 4 unspecified atom stereocenters. The summed E-state index contributed by atoms with van der Waals surface area (Å²) >= 11 is 5.81. The van der Waals surface area contributed by atoms with Crippen LogP contribution in [0.3, 0.4) is 0 Å². The van der Waals surface area contributed by atoms with Gasteiger partial charge in [0.25, 0.3) is 0 Å². The largest absolute Gasteiger partial charge is 0.324 e. The first-order chi connectivity index (χ1) is 15.0. The van der Waals surface area contributed by atoms with Crippen LogP contribution in [0.2, 0.25) is 5.15 Å². The summed E-state index contributed by atoms with van der Waals surface area (Å²) in [6.07, 6.45) is 8.71. The molecule has 0 saturated heterocycles. The Bertz CT molecular complexity index is 1180. The SMILES string of the molecule is CC(C(=O)Nc1ccc(Cl)nc1)C1=CC2CC(c3ccnc4ccc(F)cc34)CC2C1. The van der Waals surface area contributed by atoms with Crippen molar-refractivity contribution in [2.75, 3.05) is 5.32 Å². The number of hydrogen-bond acceptors (Lipinski definition) is 3. The molecule has 5 rings (SSSR count). The number of nitrogens with zero attached hydrogens (tertiary/aromatic N) is 2. The fourth-order valence-corrected chi connectivity index (χ4v) is 5.29. The van der Waals surface area contributed by atoms with E-state index in [0.717, 1.165) is 30.2 Å². The minimum Gasteiger partial charge on any atom is -0.324 e. The highest BCUT2D eigenvalue weighted by atomic mass is 35.5. The van der Waals surface area contributed by atoms with Crippen LogP contribution in [0.15, 0.2) is 60.4 Å². The van der Waals surface area contributed by atoms with E-state index >= 15 is 0 Å². The second-order valence-electron chi connectivity index (χ2n) is 8.68. The second-order valence-corrected chi connectivity index (χ2v) is 9.07. The summed E-state index contributed by atoms with van der Waals surface area (Å²) in [7, 11) is 0. The van der Waals surface area contributed by atoms with E-state index in [1.54, 1.807) is 30.5 Å². The van der Waals surface area contributed by atoms with E-state index in [1.807, 2.05) is 19.2 Å². The third kappa shape index (κ3) is 3.94. The number of benzene rings is 1. The molecule has 1 amide bonds. The maximum atomic E-state index is 13.8.